The van der Waals surface area contributed by atoms with Crippen molar-refractivity contribution in [3.8, 4) is 0 Å². The molecular formula is C78H46B2F8N6. The van der Waals surface area contributed by atoms with Crippen molar-refractivity contribution in [2.45, 2.75) is 0 Å². The second-order valence-corrected chi connectivity index (χ2v) is 23.4. The molecule has 0 aliphatic carbocycles. The molecule has 13 aromatic rings. The Hall–Kier alpha value is -11.8. The summed E-state index contributed by atoms with van der Waals surface area (Å²) in [5, 5.41) is 0. The Balaban J connectivity index is 1.02. The molecule has 0 saturated heterocycles. The van der Waals surface area contributed by atoms with Gasteiger partial charge >= 0.3 is 0 Å². The molecular weight excluding hydrogens is 1190 g/mol. The van der Waals surface area contributed by atoms with Crippen LogP contribution in [0.1, 0.15) is 0 Å². The fourth-order valence-electron chi connectivity index (χ4n) is 14.6. The Morgan fingerprint density at radius 1 is 0.223 bits per heavy atom. The van der Waals surface area contributed by atoms with Gasteiger partial charge in [0.2, 0.25) is 0 Å². The zero-order chi connectivity index (χ0) is 63.6. The number of para-hydroxylation sites is 10. The molecule has 13 aromatic carbocycles. The van der Waals surface area contributed by atoms with Crippen LogP contribution in [0, 0.1) is 46.5 Å². The van der Waals surface area contributed by atoms with Crippen LogP contribution in [0.15, 0.2) is 279 Å². The van der Waals surface area contributed by atoms with E-state index in [9.17, 15) is 0 Å². The van der Waals surface area contributed by atoms with E-state index in [-0.39, 0.29) is 22.7 Å². The first kappa shape index (κ1) is 56.2. The summed E-state index contributed by atoms with van der Waals surface area (Å²) in [5.41, 5.74) is 8.89. The van der Waals surface area contributed by atoms with Gasteiger partial charge in [0.15, 0.2) is 0 Å². The van der Waals surface area contributed by atoms with Crippen LogP contribution < -0.4 is 62.2 Å². The van der Waals surface area contributed by atoms with E-state index in [1.54, 1.807) is 107 Å². The van der Waals surface area contributed by atoms with Gasteiger partial charge in [0, 0.05) is 68.2 Å². The van der Waals surface area contributed by atoms with Crippen molar-refractivity contribution in [1.29, 1.82) is 0 Å². The zero-order valence-corrected chi connectivity index (χ0v) is 49.4. The summed E-state index contributed by atoms with van der Waals surface area (Å²) in [7, 11) is 0. The Bertz CT molecular complexity index is 4820. The van der Waals surface area contributed by atoms with Crippen LogP contribution in [0.25, 0.3) is 0 Å². The molecule has 0 radical (unpaired) electrons. The average molecular weight is 1240 g/mol. The van der Waals surface area contributed by atoms with Gasteiger partial charge in [-0.3, -0.25) is 0 Å². The van der Waals surface area contributed by atoms with Crippen molar-refractivity contribution in [1.82, 2.24) is 0 Å². The average Bonchev–Trinajstić information content (AvgIpc) is 0.687. The van der Waals surface area contributed by atoms with Gasteiger partial charge in [-0.05, 0) is 172 Å². The lowest BCUT2D eigenvalue weighted by atomic mass is 9.30. The van der Waals surface area contributed by atoms with E-state index in [4.69, 9.17) is 0 Å². The fourth-order valence-corrected chi connectivity index (χ4v) is 14.6. The molecule has 94 heavy (non-hydrogen) atoms. The number of nitrogens with zero attached hydrogens (tertiary/aromatic N) is 6. The van der Waals surface area contributed by atoms with Gasteiger partial charge < -0.3 is 29.4 Å². The van der Waals surface area contributed by atoms with Crippen LogP contribution in [0.5, 0.6) is 0 Å². The molecule has 0 spiro atoms. The summed E-state index contributed by atoms with van der Waals surface area (Å²) in [6.07, 6.45) is 0. The van der Waals surface area contributed by atoms with Crippen molar-refractivity contribution in [3.05, 3.63) is 326 Å². The predicted octanol–water partition coefficient (Wildman–Crippen LogP) is 17.9. The maximum absolute atomic E-state index is 17.1. The van der Waals surface area contributed by atoms with E-state index in [1.807, 2.05) is 97.1 Å². The van der Waals surface area contributed by atoms with E-state index in [2.05, 4.69) is 21.9 Å². The summed E-state index contributed by atoms with van der Waals surface area (Å²) in [5.74, 6) is -6.89. The van der Waals surface area contributed by atoms with E-state index in [1.165, 1.54) is 82.6 Å². The largest absolute Gasteiger partial charge is 0.311 e. The minimum atomic E-state index is -0.864. The maximum atomic E-state index is 17.1. The third kappa shape index (κ3) is 8.58. The fraction of sp³-hybridized carbons (Fsp3) is 0. The van der Waals surface area contributed by atoms with Gasteiger partial charge in [0.05, 0.1) is 11.4 Å². The molecule has 0 saturated carbocycles. The van der Waals surface area contributed by atoms with Crippen LogP contribution in [0.2, 0.25) is 0 Å². The van der Waals surface area contributed by atoms with Gasteiger partial charge in [-0.25, -0.2) is 35.1 Å². The number of hydrogen-bond donors (Lipinski definition) is 0. The highest BCUT2D eigenvalue weighted by molar-refractivity contribution is 7.03. The molecule has 4 aliphatic rings. The molecule has 6 nitrogen and oxygen atoms in total. The molecule has 0 amide bonds. The van der Waals surface area contributed by atoms with Gasteiger partial charge in [0.25, 0.3) is 13.4 Å². The van der Waals surface area contributed by atoms with Crippen LogP contribution in [0.3, 0.4) is 0 Å². The van der Waals surface area contributed by atoms with Crippen LogP contribution in [-0.2, 0) is 0 Å². The minimum absolute atomic E-state index is 0.245. The van der Waals surface area contributed by atoms with Gasteiger partial charge in [-0.15, -0.1) is 0 Å². The summed E-state index contributed by atoms with van der Waals surface area (Å²) in [6.45, 7) is -1.47. The molecule has 450 valence electrons. The maximum Gasteiger partial charge on any atom is 0.252 e. The van der Waals surface area contributed by atoms with Crippen LogP contribution in [-0.4, -0.2) is 13.4 Å². The normalized spacial score (nSPS) is 13.0. The minimum Gasteiger partial charge on any atom is -0.311 e. The highest BCUT2D eigenvalue weighted by Gasteiger charge is 2.50. The van der Waals surface area contributed by atoms with Crippen molar-refractivity contribution in [2.75, 3.05) is 29.4 Å². The lowest BCUT2D eigenvalue weighted by Crippen LogP contribution is -2.65. The number of fused-ring (bicyclic) bond motifs is 8. The van der Waals surface area contributed by atoms with Crippen molar-refractivity contribution in [3.63, 3.8) is 0 Å². The number of anilines is 18. The summed E-state index contributed by atoms with van der Waals surface area (Å²) < 4.78 is 136. The number of hydrogen-bond acceptors (Lipinski definition) is 6. The SMILES string of the molecule is Fc1cccc(F)c1N(c1ccccc1)c1cc2c3c(c1)N(c1c(F)cccc1F)c1ccccc1B3c1cc3c(cc1N2c1ccccc1)N(c1ccccc1)c1cc(N(c2ccccc2)c2c(F)cccc2F)cc2c1B3c1ccccc1N2c1c(F)cccc1F. The van der Waals surface area contributed by atoms with E-state index in [0.717, 1.165) is 10.9 Å². The lowest BCUT2D eigenvalue weighted by molar-refractivity contribution is 0.585. The third-order valence-electron chi connectivity index (χ3n) is 18.3. The van der Waals surface area contributed by atoms with Gasteiger partial charge in [0.1, 0.15) is 69.3 Å². The third-order valence-corrected chi connectivity index (χ3v) is 18.3. The Morgan fingerprint density at radius 2 is 0.521 bits per heavy atom. The van der Waals surface area contributed by atoms with E-state index < -0.39 is 71.3 Å². The highest BCUT2D eigenvalue weighted by atomic mass is 19.2. The first-order valence-corrected chi connectivity index (χ1v) is 30.5. The summed E-state index contributed by atoms with van der Waals surface area (Å²) in [4.78, 5) is 10.2. The van der Waals surface area contributed by atoms with E-state index >= 15 is 35.1 Å². The standard InChI is InChI=1S/C78H46B2F8N6/c81-57-31-17-32-58(82)75(57)89(47-21-5-1-6-22-47)51-41-69-73-71(43-51)93(77-61(85)35-19-36-62(77)86)65-39-15-13-29-53(65)79(73)55-45-56-68(46-67(55)91(69)49-25-9-3-10-26-49)92(50-27-11-4-12-28-50)70-42-52(90(48-23-7-2-8-24-48)76-59(83)33-18-34-60(76)84)44-72-74(70)80(56)54-30-14-16-40-66(54)94(72)78-63(87)37-20-38-64(78)88/h1-46H. The van der Waals surface area contributed by atoms with Crippen LogP contribution >= 0.6 is 0 Å². The molecule has 16 heteroatoms. The number of rotatable bonds is 10. The van der Waals surface area contributed by atoms with Gasteiger partial charge in [-0.1, -0.05) is 140 Å². The van der Waals surface area contributed by atoms with Crippen LogP contribution in [0.4, 0.5) is 137 Å². The smallest absolute Gasteiger partial charge is 0.252 e. The number of benzene rings is 13. The molecule has 4 heterocycles. The molecule has 17 rings (SSSR count). The predicted molar refractivity (Wildman–Crippen MR) is 364 cm³/mol. The second-order valence-electron chi connectivity index (χ2n) is 23.4. The molecule has 0 N–H and O–H groups in total. The molecule has 4 aliphatic heterocycles. The second kappa shape index (κ2) is 22.0. The molecule has 0 fully saturated rings. The Kier molecular flexibility index (Phi) is 13.1. The van der Waals surface area contributed by atoms with Crippen molar-refractivity contribution < 1.29 is 35.1 Å². The van der Waals surface area contributed by atoms with Gasteiger partial charge in [-0.2, -0.15) is 0 Å². The zero-order valence-electron chi connectivity index (χ0n) is 49.4. The van der Waals surface area contributed by atoms with Crippen molar-refractivity contribution in [2.24, 2.45) is 0 Å². The topological polar surface area (TPSA) is 19.4 Å². The molecule has 0 bridgehead atoms. The molecule has 0 atom stereocenters. The molecule has 0 unspecified atom stereocenters. The van der Waals surface area contributed by atoms with Crippen molar-refractivity contribution >= 4 is 149 Å². The first-order valence-electron chi connectivity index (χ1n) is 30.5. The Labute approximate surface area is 536 Å². The quantitative estimate of drug-likeness (QED) is 0.0997. The first-order chi connectivity index (χ1) is 46.0. The van der Waals surface area contributed by atoms with E-state index in [0.29, 0.717) is 90.1 Å². The summed E-state index contributed by atoms with van der Waals surface area (Å²) >= 11 is 0. The summed E-state index contributed by atoms with van der Waals surface area (Å²) in [6, 6.07) is 77.6. The lowest BCUT2D eigenvalue weighted by Gasteiger charge is -2.47. The monoisotopic (exact) mass is 1240 g/mol. The highest BCUT2D eigenvalue weighted by Crippen LogP contribution is 2.54. The Morgan fingerprint density at radius 3 is 0.872 bits per heavy atom. The number of halogens is 8. The molecule has 0 aromatic heterocycles.